The normalized spacial score (nSPS) is 11.4. The smallest absolute Gasteiger partial charge is 0.352 e. The Morgan fingerprint density at radius 1 is 0.969 bits per heavy atom. The largest absolute Gasteiger partial charge is 0.494 e. The van der Waals surface area contributed by atoms with Crippen LogP contribution in [0.3, 0.4) is 0 Å². The van der Waals surface area contributed by atoms with Crippen molar-refractivity contribution in [2.75, 3.05) is 6.61 Å². The van der Waals surface area contributed by atoms with Crippen molar-refractivity contribution in [3.63, 3.8) is 0 Å². The Labute approximate surface area is 187 Å². The number of aryl methyl sites for hydroxylation is 1. The van der Waals surface area contributed by atoms with Crippen molar-refractivity contribution >= 4 is 27.3 Å². The number of ether oxygens (including phenoxy) is 1. The first-order valence-electron chi connectivity index (χ1n) is 10.4. The number of rotatable bonds is 6. The first kappa shape index (κ1) is 20.3. The number of hydrogen-bond donors (Lipinski definition) is 0. The van der Waals surface area contributed by atoms with Gasteiger partial charge in [0.05, 0.1) is 25.2 Å². The van der Waals surface area contributed by atoms with Gasteiger partial charge in [0.1, 0.15) is 10.4 Å². The summed E-state index contributed by atoms with van der Waals surface area (Å²) in [5.41, 5.74) is 3.11. The van der Waals surface area contributed by atoms with Gasteiger partial charge in [0, 0.05) is 5.56 Å². The van der Waals surface area contributed by atoms with Crippen LogP contribution in [0.1, 0.15) is 23.6 Å². The molecule has 0 spiro atoms. The molecule has 2 aromatic carbocycles. The Kier molecular flexibility index (Phi) is 5.14. The first-order chi connectivity index (χ1) is 15.6. The molecule has 0 amide bonds. The Hall–Kier alpha value is -3.65. The van der Waals surface area contributed by atoms with Gasteiger partial charge >= 0.3 is 5.69 Å². The molecule has 0 N–H and O–H groups in total. The van der Waals surface area contributed by atoms with Crippen LogP contribution in [-0.4, -0.2) is 25.4 Å². The van der Waals surface area contributed by atoms with Gasteiger partial charge < -0.3 is 4.74 Å². The standard InChI is InChI=1S/C24H22N4O3S/c1-3-31-20-11-7-6-10-18(20)14-26-22(29)21-19(12-13-32-21)28-23(26)25-27(24(28)30)15-17-9-5-4-8-16(17)2/h4-13H,3,14-15H2,1-2H3. The van der Waals surface area contributed by atoms with Crippen molar-refractivity contribution in [2.24, 2.45) is 0 Å². The lowest BCUT2D eigenvalue weighted by molar-refractivity contribution is 0.336. The Morgan fingerprint density at radius 3 is 2.50 bits per heavy atom. The average molecular weight is 447 g/mol. The zero-order valence-corrected chi connectivity index (χ0v) is 18.6. The predicted molar refractivity (Wildman–Crippen MR) is 126 cm³/mol. The number of hydrogen-bond acceptors (Lipinski definition) is 5. The van der Waals surface area contributed by atoms with E-state index in [0.717, 1.165) is 16.7 Å². The maximum atomic E-state index is 13.4. The SMILES string of the molecule is CCOc1ccccc1Cn1c(=O)c2sccc2n2c(=O)n(Cc3ccccc3C)nc12. The second-order valence-electron chi connectivity index (χ2n) is 7.57. The van der Waals surface area contributed by atoms with Crippen LogP contribution < -0.4 is 16.0 Å². The number of para-hydroxylation sites is 1. The molecule has 8 heteroatoms. The van der Waals surface area contributed by atoms with Gasteiger partial charge in [-0.2, -0.15) is 0 Å². The molecule has 0 bridgehead atoms. The molecule has 0 fully saturated rings. The minimum absolute atomic E-state index is 0.165. The van der Waals surface area contributed by atoms with Gasteiger partial charge in [0.25, 0.3) is 5.56 Å². The van der Waals surface area contributed by atoms with E-state index in [0.29, 0.717) is 34.9 Å². The Balaban J connectivity index is 1.72. The molecule has 5 aromatic rings. The van der Waals surface area contributed by atoms with E-state index in [9.17, 15) is 9.59 Å². The number of benzene rings is 2. The maximum Gasteiger partial charge on any atom is 0.352 e. The summed E-state index contributed by atoms with van der Waals surface area (Å²) in [5, 5.41) is 6.43. The topological polar surface area (TPSA) is 70.5 Å². The summed E-state index contributed by atoms with van der Waals surface area (Å²) < 4.78 is 10.8. The van der Waals surface area contributed by atoms with Gasteiger partial charge in [0.2, 0.25) is 5.78 Å². The summed E-state index contributed by atoms with van der Waals surface area (Å²) in [6.45, 7) is 5.05. The lowest BCUT2D eigenvalue weighted by atomic mass is 10.1. The van der Waals surface area contributed by atoms with Crippen LogP contribution in [0.25, 0.3) is 16.0 Å². The maximum absolute atomic E-state index is 13.4. The van der Waals surface area contributed by atoms with Crippen LogP contribution in [0.15, 0.2) is 69.6 Å². The summed E-state index contributed by atoms with van der Waals surface area (Å²) in [7, 11) is 0. The van der Waals surface area contributed by atoms with Crippen molar-refractivity contribution < 1.29 is 4.74 Å². The highest BCUT2D eigenvalue weighted by molar-refractivity contribution is 7.17. The summed E-state index contributed by atoms with van der Waals surface area (Å²) in [5.74, 6) is 1.04. The minimum Gasteiger partial charge on any atom is -0.494 e. The number of aromatic nitrogens is 4. The van der Waals surface area contributed by atoms with Crippen LogP contribution >= 0.6 is 11.3 Å². The Morgan fingerprint density at radius 2 is 1.72 bits per heavy atom. The monoisotopic (exact) mass is 446 g/mol. The highest BCUT2D eigenvalue weighted by Gasteiger charge is 2.19. The van der Waals surface area contributed by atoms with E-state index >= 15 is 0 Å². The lowest BCUT2D eigenvalue weighted by Crippen LogP contribution is -2.26. The third-order valence-corrected chi connectivity index (χ3v) is 6.46. The molecule has 3 heterocycles. The fourth-order valence-corrected chi connectivity index (χ4v) is 4.75. The second kappa shape index (κ2) is 8.12. The van der Waals surface area contributed by atoms with Crippen molar-refractivity contribution in [2.45, 2.75) is 26.9 Å². The van der Waals surface area contributed by atoms with Crippen molar-refractivity contribution in [1.82, 2.24) is 18.7 Å². The van der Waals surface area contributed by atoms with E-state index < -0.39 is 0 Å². The van der Waals surface area contributed by atoms with E-state index in [2.05, 4.69) is 5.10 Å². The molecule has 0 aliphatic rings. The molecule has 0 aliphatic heterocycles. The summed E-state index contributed by atoms with van der Waals surface area (Å²) >= 11 is 1.33. The molecule has 3 aromatic heterocycles. The van der Waals surface area contributed by atoms with E-state index in [1.54, 1.807) is 10.6 Å². The predicted octanol–water partition coefficient (Wildman–Crippen LogP) is 3.68. The van der Waals surface area contributed by atoms with Gasteiger partial charge in [-0.15, -0.1) is 16.4 Å². The summed E-state index contributed by atoms with van der Waals surface area (Å²) in [4.78, 5) is 26.7. The summed E-state index contributed by atoms with van der Waals surface area (Å²) in [6, 6.07) is 17.3. The molecule has 5 rings (SSSR count). The molecule has 7 nitrogen and oxygen atoms in total. The van der Waals surface area contributed by atoms with Crippen LogP contribution in [0, 0.1) is 6.92 Å². The number of nitrogens with zero attached hydrogens (tertiary/aromatic N) is 4. The molecule has 0 radical (unpaired) electrons. The highest BCUT2D eigenvalue weighted by Crippen LogP contribution is 2.22. The molecule has 32 heavy (non-hydrogen) atoms. The Bertz CT molecular complexity index is 1560. The van der Waals surface area contributed by atoms with Crippen LogP contribution in [0.5, 0.6) is 5.75 Å². The third kappa shape index (κ3) is 3.33. The molecule has 0 unspecified atom stereocenters. The van der Waals surface area contributed by atoms with Gasteiger partial charge in [-0.3, -0.25) is 9.36 Å². The minimum atomic E-state index is -0.265. The quantitative estimate of drug-likeness (QED) is 0.399. The van der Waals surface area contributed by atoms with Crippen LogP contribution in [0.4, 0.5) is 0 Å². The molecule has 0 atom stereocenters. The zero-order valence-electron chi connectivity index (χ0n) is 17.8. The second-order valence-corrected chi connectivity index (χ2v) is 8.49. The number of thiophene rings is 1. The molecule has 0 saturated carbocycles. The molecule has 0 saturated heterocycles. The first-order valence-corrected chi connectivity index (χ1v) is 11.3. The number of fused-ring (bicyclic) bond motifs is 3. The van der Waals surface area contributed by atoms with E-state index in [4.69, 9.17) is 4.74 Å². The van der Waals surface area contributed by atoms with Crippen LogP contribution in [0.2, 0.25) is 0 Å². The fraction of sp³-hybridized carbons (Fsp3) is 0.208. The van der Waals surface area contributed by atoms with Gasteiger partial charge in [-0.05, 0) is 42.5 Å². The van der Waals surface area contributed by atoms with Crippen molar-refractivity contribution in [3.8, 4) is 5.75 Å². The van der Waals surface area contributed by atoms with E-state index in [1.807, 2.05) is 67.8 Å². The van der Waals surface area contributed by atoms with Gasteiger partial charge in [0.15, 0.2) is 0 Å². The van der Waals surface area contributed by atoms with Crippen LogP contribution in [-0.2, 0) is 13.1 Å². The highest BCUT2D eigenvalue weighted by atomic mass is 32.1. The average Bonchev–Trinajstić information content (AvgIpc) is 3.39. The fourth-order valence-electron chi connectivity index (χ4n) is 3.93. The molecular weight excluding hydrogens is 424 g/mol. The van der Waals surface area contributed by atoms with Gasteiger partial charge in [-0.1, -0.05) is 42.5 Å². The summed E-state index contributed by atoms with van der Waals surface area (Å²) in [6.07, 6.45) is 0. The molecule has 0 aliphatic carbocycles. The third-order valence-electron chi connectivity index (χ3n) is 5.57. The van der Waals surface area contributed by atoms with E-state index in [1.165, 1.54) is 20.4 Å². The van der Waals surface area contributed by atoms with Crippen molar-refractivity contribution in [1.29, 1.82) is 0 Å². The lowest BCUT2D eigenvalue weighted by Gasteiger charge is -2.12. The zero-order chi connectivity index (χ0) is 22.2. The van der Waals surface area contributed by atoms with Gasteiger partial charge in [-0.25, -0.2) is 13.9 Å². The van der Waals surface area contributed by atoms with E-state index in [-0.39, 0.29) is 17.8 Å². The van der Waals surface area contributed by atoms with Crippen molar-refractivity contribution in [3.05, 3.63) is 97.5 Å². The molecular formula is C24H22N4O3S. The molecule has 162 valence electrons.